The van der Waals surface area contributed by atoms with Crippen LogP contribution in [-0.4, -0.2) is 22.2 Å². The number of aromatic carboxylic acids is 1. The number of carbonyl (C=O) groups is 2. The third-order valence-electron chi connectivity index (χ3n) is 5.81. The smallest absolute Gasteiger partial charge is 0.335 e. The van der Waals surface area contributed by atoms with Crippen molar-refractivity contribution in [2.45, 2.75) is 38.7 Å². The van der Waals surface area contributed by atoms with Gasteiger partial charge in [-0.1, -0.05) is 78.2 Å². The van der Waals surface area contributed by atoms with Crippen molar-refractivity contribution in [2.24, 2.45) is 5.92 Å². The number of allylic oxidation sites excluding steroid dienone is 1. The summed E-state index contributed by atoms with van der Waals surface area (Å²) in [6.07, 6.45) is 7.16. The molecule has 1 atom stereocenters. The molecule has 0 radical (unpaired) electrons. The number of para-hydroxylation sites is 1. The van der Waals surface area contributed by atoms with Gasteiger partial charge in [-0.05, 0) is 61.1 Å². The molecule has 3 rings (SSSR count). The van der Waals surface area contributed by atoms with Crippen LogP contribution in [0.15, 0.2) is 72.8 Å². The molecule has 0 spiro atoms. The van der Waals surface area contributed by atoms with Crippen molar-refractivity contribution in [3.8, 4) is 5.75 Å². The van der Waals surface area contributed by atoms with Gasteiger partial charge in [-0.15, -0.1) is 0 Å². The fourth-order valence-electron chi connectivity index (χ4n) is 3.84. The second-order valence-electron chi connectivity index (χ2n) is 8.49. The van der Waals surface area contributed by atoms with Crippen LogP contribution in [0, 0.1) is 5.92 Å². The number of hydrogen-bond acceptors (Lipinski definition) is 3. The average molecular weight is 527 g/mol. The second kappa shape index (κ2) is 13.7. The fourth-order valence-corrected chi connectivity index (χ4v) is 4.35. The Bertz CT molecular complexity index is 1180. The van der Waals surface area contributed by atoms with Gasteiger partial charge in [-0.25, -0.2) is 4.79 Å². The quantitative estimate of drug-likeness (QED) is 0.222. The number of aliphatic carboxylic acids is 1. The van der Waals surface area contributed by atoms with Crippen LogP contribution in [0.25, 0.3) is 6.08 Å². The molecule has 2 N–H and O–H groups in total. The summed E-state index contributed by atoms with van der Waals surface area (Å²) in [4.78, 5) is 22.0. The lowest BCUT2D eigenvalue weighted by atomic mass is 9.92. The largest absolute Gasteiger partial charge is 0.488 e. The molecule has 1 unspecified atom stereocenters. The fraction of sp³-hybridized carbons (Fsp3) is 0.241. The van der Waals surface area contributed by atoms with E-state index in [4.69, 9.17) is 38.2 Å². The topological polar surface area (TPSA) is 83.8 Å². The van der Waals surface area contributed by atoms with Gasteiger partial charge in [-0.2, -0.15) is 0 Å². The van der Waals surface area contributed by atoms with Crippen molar-refractivity contribution in [1.29, 1.82) is 0 Å². The van der Waals surface area contributed by atoms with Crippen LogP contribution in [0.5, 0.6) is 5.75 Å². The van der Waals surface area contributed by atoms with Crippen molar-refractivity contribution in [2.75, 3.05) is 0 Å². The van der Waals surface area contributed by atoms with Gasteiger partial charge in [0.1, 0.15) is 12.4 Å². The predicted molar refractivity (Wildman–Crippen MR) is 143 cm³/mol. The maximum Gasteiger partial charge on any atom is 0.335 e. The molecule has 0 bridgehead atoms. The molecule has 36 heavy (non-hydrogen) atoms. The third-order valence-corrected chi connectivity index (χ3v) is 6.52. The highest BCUT2D eigenvalue weighted by atomic mass is 35.5. The van der Waals surface area contributed by atoms with E-state index in [1.807, 2.05) is 42.5 Å². The van der Waals surface area contributed by atoms with Crippen molar-refractivity contribution in [3.63, 3.8) is 0 Å². The summed E-state index contributed by atoms with van der Waals surface area (Å²) in [5, 5.41) is 19.2. The molecule has 7 heteroatoms. The summed E-state index contributed by atoms with van der Waals surface area (Å²) in [5.74, 6) is -0.918. The molecule has 0 saturated carbocycles. The summed E-state index contributed by atoms with van der Waals surface area (Å²) in [6.45, 7) is 0.234. The van der Waals surface area contributed by atoms with E-state index >= 15 is 0 Å². The highest BCUT2D eigenvalue weighted by Gasteiger charge is 2.11. The highest BCUT2D eigenvalue weighted by molar-refractivity contribution is 6.35. The number of ether oxygens (including phenoxy) is 1. The maximum absolute atomic E-state index is 11.2. The molecule has 0 amide bonds. The lowest BCUT2D eigenvalue weighted by molar-refractivity contribution is -0.137. The molecular formula is C29H28Cl2O5. The molecule has 0 aliphatic carbocycles. The van der Waals surface area contributed by atoms with Crippen molar-refractivity contribution >= 4 is 41.2 Å². The van der Waals surface area contributed by atoms with E-state index in [0.717, 1.165) is 29.5 Å². The van der Waals surface area contributed by atoms with Crippen LogP contribution < -0.4 is 4.74 Å². The number of carboxylic acid groups (broad SMARTS) is 2. The number of halogens is 2. The minimum atomic E-state index is -0.957. The first-order valence-electron chi connectivity index (χ1n) is 11.7. The van der Waals surface area contributed by atoms with Crippen LogP contribution in [0.3, 0.4) is 0 Å². The number of benzene rings is 3. The predicted octanol–water partition coefficient (Wildman–Crippen LogP) is 7.79. The average Bonchev–Trinajstić information content (AvgIpc) is 2.85. The molecule has 0 aliphatic heterocycles. The zero-order valence-corrected chi connectivity index (χ0v) is 21.2. The molecule has 0 aromatic heterocycles. The first-order valence-corrected chi connectivity index (χ1v) is 12.5. The molecule has 0 heterocycles. The van der Waals surface area contributed by atoms with E-state index in [-0.39, 0.29) is 24.5 Å². The molecule has 3 aromatic rings. The third kappa shape index (κ3) is 8.43. The molecular weight excluding hydrogens is 499 g/mol. The van der Waals surface area contributed by atoms with Gasteiger partial charge < -0.3 is 14.9 Å². The number of rotatable bonds is 13. The molecule has 0 aliphatic rings. The Hall–Kier alpha value is -3.28. The first-order chi connectivity index (χ1) is 17.3. The van der Waals surface area contributed by atoms with E-state index in [0.29, 0.717) is 28.6 Å². The SMILES string of the molecule is O=C(O)CCCCC(/C=C/c1ccccc1OCc1c(Cl)cccc1Cl)Cc1ccc(C(=O)O)cc1. The zero-order chi connectivity index (χ0) is 25.9. The second-order valence-corrected chi connectivity index (χ2v) is 9.31. The summed E-state index contributed by atoms with van der Waals surface area (Å²) < 4.78 is 6.05. The van der Waals surface area contributed by atoms with Crippen LogP contribution in [0.2, 0.25) is 10.0 Å². The minimum absolute atomic E-state index is 0.139. The van der Waals surface area contributed by atoms with E-state index in [9.17, 15) is 9.59 Å². The zero-order valence-electron chi connectivity index (χ0n) is 19.7. The lowest BCUT2D eigenvalue weighted by Gasteiger charge is -2.14. The van der Waals surface area contributed by atoms with E-state index < -0.39 is 11.9 Å². The molecule has 188 valence electrons. The minimum Gasteiger partial charge on any atom is -0.488 e. The van der Waals surface area contributed by atoms with Crippen molar-refractivity contribution < 1.29 is 24.5 Å². The van der Waals surface area contributed by atoms with E-state index in [2.05, 4.69) is 6.08 Å². The van der Waals surface area contributed by atoms with Crippen LogP contribution in [-0.2, 0) is 17.8 Å². The first kappa shape index (κ1) is 27.3. The molecule has 3 aromatic carbocycles. The van der Waals surface area contributed by atoms with Crippen molar-refractivity contribution in [1.82, 2.24) is 0 Å². The Morgan fingerprint density at radius 3 is 2.25 bits per heavy atom. The highest BCUT2D eigenvalue weighted by Crippen LogP contribution is 2.28. The standard InChI is InChI=1S/C29H28Cl2O5/c30-25-8-5-9-26(31)24(25)19-36-27-10-3-2-7-22(27)15-12-20(6-1-4-11-28(32)33)18-21-13-16-23(17-14-21)29(34)35/h2-3,5,7-10,12-17,20H,1,4,6,11,18-19H2,(H,32,33)(H,34,35)/b15-12+. The summed E-state index contributed by atoms with van der Waals surface area (Å²) in [7, 11) is 0. The normalized spacial score (nSPS) is 11.9. The molecule has 0 fully saturated rings. The number of unbranched alkanes of at least 4 members (excludes halogenated alkanes) is 1. The molecule has 5 nitrogen and oxygen atoms in total. The summed E-state index contributed by atoms with van der Waals surface area (Å²) in [6, 6.07) is 19.9. The van der Waals surface area contributed by atoms with Gasteiger partial charge in [0.05, 0.1) is 5.56 Å². The van der Waals surface area contributed by atoms with Gasteiger partial charge in [0.25, 0.3) is 0 Å². The Morgan fingerprint density at radius 1 is 0.889 bits per heavy atom. The van der Waals surface area contributed by atoms with E-state index in [1.54, 1.807) is 30.3 Å². The Balaban J connectivity index is 1.74. The summed E-state index contributed by atoms with van der Waals surface area (Å²) in [5.41, 5.74) is 2.89. The van der Waals surface area contributed by atoms with Gasteiger partial charge in [0.2, 0.25) is 0 Å². The lowest BCUT2D eigenvalue weighted by Crippen LogP contribution is -2.04. The Kier molecular flexibility index (Phi) is 10.4. The summed E-state index contributed by atoms with van der Waals surface area (Å²) >= 11 is 12.5. The van der Waals surface area contributed by atoms with Crippen LogP contribution >= 0.6 is 23.2 Å². The maximum atomic E-state index is 11.2. The van der Waals surface area contributed by atoms with Gasteiger partial charge in [0, 0.05) is 27.6 Å². The Morgan fingerprint density at radius 2 is 1.58 bits per heavy atom. The molecule has 0 saturated heterocycles. The van der Waals surface area contributed by atoms with Gasteiger partial charge in [-0.3, -0.25) is 4.79 Å². The van der Waals surface area contributed by atoms with Gasteiger partial charge in [0.15, 0.2) is 0 Å². The Labute approximate surface area is 221 Å². The monoisotopic (exact) mass is 526 g/mol. The van der Waals surface area contributed by atoms with Crippen LogP contribution in [0.1, 0.15) is 52.7 Å². The van der Waals surface area contributed by atoms with Crippen LogP contribution in [0.4, 0.5) is 0 Å². The number of hydrogen-bond donors (Lipinski definition) is 2. The number of carboxylic acids is 2. The van der Waals surface area contributed by atoms with Gasteiger partial charge >= 0.3 is 11.9 Å². The van der Waals surface area contributed by atoms with Crippen molar-refractivity contribution in [3.05, 3.63) is 105 Å². The van der Waals surface area contributed by atoms with E-state index in [1.165, 1.54) is 0 Å².